The molecule has 0 spiro atoms. The zero-order valence-electron chi connectivity index (χ0n) is 12.8. The zero-order chi connectivity index (χ0) is 14.8. The van der Waals surface area contributed by atoms with Crippen molar-refractivity contribution < 1.29 is 4.21 Å². The number of benzene rings is 1. The van der Waals surface area contributed by atoms with Crippen LogP contribution in [0.4, 0.5) is 0 Å². The van der Waals surface area contributed by atoms with Gasteiger partial charge in [-0.1, -0.05) is 38.3 Å². The zero-order valence-corrected chi connectivity index (χ0v) is 15.9. The molecule has 0 fully saturated rings. The van der Waals surface area contributed by atoms with Crippen LogP contribution in [0.5, 0.6) is 0 Å². The van der Waals surface area contributed by atoms with Crippen LogP contribution in [0.1, 0.15) is 38.2 Å². The Kier molecular flexibility index (Phi) is 11.6. The number of rotatable bonds is 8. The Labute approximate surface area is 147 Å². The van der Waals surface area contributed by atoms with Crippen molar-refractivity contribution in [1.29, 1.82) is 0 Å². The van der Waals surface area contributed by atoms with E-state index in [4.69, 9.17) is 5.73 Å². The largest absolute Gasteiger partial charge is 0.370 e. The van der Waals surface area contributed by atoms with Crippen molar-refractivity contribution in [3.05, 3.63) is 29.8 Å². The van der Waals surface area contributed by atoms with Crippen molar-refractivity contribution in [3.63, 3.8) is 0 Å². The minimum atomic E-state index is -0.930. The molecule has 6 heteroatoms. The Morgan fingerprint density at radius 1 is 1.24 bits per heavy atom. The first-order valence-electron chi connectivity index (χ1n) is 7.09. The van der Waals surface area contributed by atoms with E-state index in [1.165, 1.54) is 19.3 Å². The molecular formula is C15H26IN3OS. The average Bonchev–Trinajstić information content (AvgIpc) is 2.45. The lowest BCUT2D eigenvalue weighted by atomic mass is 10.2. The molecule has 0 radical (unpaired) electrons. The van der Waals surface area contributed by atoms with Crippen LogP contribution in [-0.4, -0.2) is 23.0 Å². The lowest BCUT2D eigenvalue weighted by Gasteiger charge is -2.05. The third-order valence-electron chi connectivity index (χ3n) is 3.02. The number of aliphatic imine (C=N–C) groups is 1. The van der Waals surface area contributed by atoms with E-state index in [0.717, 1.165) is 23.4 Å². The molecule has 3 N–H and O–H groups in total. The lowest BCUT2D eigenvalue weighted by molar-refractivity contribution is 0.652. The number of guanidine groups is 1. The summed E-state index contributed by atoms with van der Waals surface area (Å²) < 4.78 is 11.3. The molecule has 120 valence electrons. The lowest BCUT2D eigenvalue weighted by Crippen LogP contribution is -2.32. The fourth-order valence-corrected chi connectivity index (χ4v) is 2.31. The van der Waals surface area contributed by atoms with E-state index in [1.807, 2.05) is 24.3 Å². The Bertz CT molecular complexity index is 449. The maximum Gasteiger partial charge on any atom is 0.188 e. The number of hydrogen-bond acceptors (Lipinski definition) is 2. The van der Waals surface area contributed by atoms with Crippen molar-refractivity contribution in [2.75, 3.05) is 12.8 Å². The molecule has 21 heavy (non-hydrogen) atoms. The monoisotopic (exact) mass is 423 g/mol. The highest BCUT2D eigenvalue weighted by atomic mass is 127. The van der Waals surface area contributed by atoms with Crippen molar-refractivity contribution >= 4 is 40.7 Å². The van der Waals surface area contributed by atoms with E-state index < -0.39 is 10.8 Å². The van der Waals surface area contributed by atoms with Crippen LogP contribution < -0.4 is 11.1 Å². The van der Waals surface area contributed by atoms with E-state index in [0.29, 0.717) is 12.5 Å². The highest BCUT2D eigenvalue weighted by Crippen LogP contribution is 2.08. The number of halogens is 1. The Balaban J connectivity index is 0.00000400. The van der Waals surface area contributed by atoms with Crippen LogP contribution >= 0.6 is 24.0 Å². The molecule has 1 aromatic carbocycles. The fourth-order valence-electron chi connectivity index (χ4n) is 1.79. The van der Waals surface area contributed by atoms with Crippen molar-refractivity contribution in [2.45, 2.75) is 44.0 Å². The van der Waals surface area contributed by atoms with Gasteiger partial charge in [-0.05, 0) is 24.1 Å². The molecule has 0 aromatic heterocycles. The van der Waals surface area contributed by atoms with Gasteiger partial charge in [-0.15, -0.1) is 24.0 Å². The standard InChI is InChI=1S/C15H25N3OS.HI/c1-3-4-5-6-11-17-15(16)18-12-13-7-9-14(10-8-13)20(2)19;/h7-10H,3-6,11-12H2,1-2H3,(H3,16,17,18);1H. The first-order valence-corrected chi connectivity index (χ1v) is 8.65. The van der Waals surface area contributed by atoms with Gasteiger partial charge in [0.2, 0.25) is 0 Å². The van der Waals surface area contributed by atoms with Gasteiger partial charge >= 0.3 is 0 Å². The first kappa shape index (κ1) is 20.4. The number of unbranched alkanes of at least 4 members (excludes halogenated alkanes) is 3. The first-order chi connectivity index (χ1) is 9.63. The summed E-state index contributed by atoms with van der Waals surface area (Å²) in [6.07, 6.45) is 6.53. The van der Waals surface area contributed by atoms with E-state index in [9.17, 15) is 4.21 Å². The van der Waals surface area contributed by atoms with Gasteiger partial charge in [-0.2, -0.15) is 0 Å². The van der Waals surface area contributed by atoms with Gasteiger partial charge in [-0.25, -0.2) is 4.99 Å². The summed E-state index contributed by atoms with van der Waals surface area (Å²) in [6.45, 7) is 3.62. The third kappa shape index (κ3) is 9.08. The summed E-state index contributed by atoms with van der Waals surface area (Å²) in [5.74, 6) is 0.490. The fraction of sp³-hybridized carbons (Fsp3) is 0.533. The van der Waals surface area contributed by atoms with E-state index in [-0.39, 0.29) is 24.0 Å². The Hall–Kier alpha value is -0.630. The number of nitrogens with one attached hydrogen (secondary N) is 1. The SMILES string of the molecule is CCCCCCNC(N)=NCc1ccc(S(C)=O)cc1.I. The van der Waals surface area contributed by atoms with Crippen molar-refractivity contribution in [2.24, 2.45) is 10.7 Å². The minimum absolute atomic E-state index is 0. The number of nitrogens with zero attached hydrogens (tertiary/aromatic N) is 1. The van der Waals surface area contributed by atoms with Crippen molar-refractivity contribution in [1.82, 2.24) is 5.32 Å². The van der Waals surface area contributed by atoms with Gasteiger partial charge < -0.3 is 11.1 Å². The maximum atomic E-state index is 11.3. The van der Waals surface area contributed by atoms with Gasteiger partial charge in [0, 0.05) is 28.5 Å². The van der Waals surface area contributed by atoms with Gasteiger partial charge in [0.05, 0.1) is 6.54 Å². The van der Waals surface area contributed by atoms with Gasteiger partial charge in [-0.3, -0.25) is 4.21 Å². The molecule has 1 aromatic rings. The molecular weight excluding hydrogens is 397 g/mol. The molecule has 0 aliphatic rings. The van der Waals surface area contributed by atoms with Crippen LogP contribution in [-0.2, 0) is 17.3 Å². The van der Waals surface area contributed by atoms with Gasteiger partial charge in [0.1, 0.15) is 0 Å². The maximum absolute atomic E-state index is 11.3. The third-order valence-corrected chi connectivity index (χ3v) is 3.96. The van der Waals surface area contributed by atoms with Crippen LogP contribution in [0.25, 0.3) is 0 Å². The second-order valence-electron chi connectivity index (χ2n) is 4.79. The second-order valence-corrected chi connectivity index (χ2v) is 6.17. The summed E-state index contributed by atoms with van der Waals surface area (Å²) >= 11 is 0. The topological polar surface area (TPSA) is 67.5 Å². The molecule has 1 unspecified atom stereocenters. The van der Waals surface area contributed by atoms with Crippen LogP contribution in [0.2, 0.25) is 0 Å². The van der Waals surface area contributed by atoms with Crippen LogP contribution in [0.3, 0.4) is 0 Å². The predicted octanol–water partition coefficient (Wildman–Crippen LogP) is 3.03. The summed E-state index contributed by atoms with van der Waals surface area (Å²) in [7, 11) is -0.930. The molecule has 0 aliphatic heterocycles. The van der Waals surface area contributed by atoms with Crippen LogP contribution in [0.15, 0.2) is 34.2 Å². The summed E-state index contributed by atoms with van der Waals surface area (Å²) in [5.41, 5.74) is 6.87. The van der Waals surface area contributed by atoms with E-state index in [2.05, 4.69) is 17.2 Å². The summed E-state index contributed by atoms with van der Waals surface area (Å²) in [5, 5.41) is 3.12. The predicted molar refractivity (Wildman–Crippen MR) is 102 cm³/mol. The second kappa shape index (κ2) is 12.0. The van der Waals surface area contributed by atoms with Gasteiger partial charge in [0.25, 0.3) is 0 Å². The van der Waals surface area contributed by atoms with E-state index in [1.54, 1.807) is 6.26 Å². The Morgan fingerprint density at radius 2 is 1.90 bits per heavy atom. The molecule has 1 atom stereocenters. The molecule has 0 bridgehead atoms. The number of nitrogens with two attached hydrogens (primary N) is 1. The molecule has 0 amide bonds. The highest BCUT2D eigenvalue weighted by Gasteiger charge is 1.98. The normalized spacial score (nSPS) is 12.6. The highest BCUT2D eigenvalue weighted by molar-refractivity contribution is 14.0. The summed E-state index contributed by atoms with van der Waals surface area (Å²) in [4.78, 5) is 5.13. The quantitative estimate of drug-likeness (QED) is 0.292. The van der Waals surface area contributed by atoms with E-state index >= 15 is 0 Å². The number of hydrogen-bond donors (Lipinski definition) is 2. The molecule has 0 aliphatic carbocycles. The smallest absolute Gasteiger partial charge is 0.188 e. The Morgan fingerprint density at radius 3 is 2.48 bits per heavy atom. The summed E-state index contributed by atoms with van der Waals surface area (Å²) in [6, 6.07) is 7.62. The molecule has 4 nitrogen and oxygen atoms in total. The van der Waals surface area contributed by atoms with Gasteiger partial charge in [0.15, 0.2) is 5.96 Å². The average molecular weight is 423 g/mol. The molecule has 0 saturated heterocycles. The van der Waals surface area contributed by atoms with Crippen molar-refractivity contribution in [3.8, 4) is 0 Å². The molecule has 1 rings (SSSR count). The molecule has 0 heterocycles. The van der Waals surface area contributed by atoms with Crippen LogP contribution in [0, 0.1) is 0 Å². The minimum Gasteiger partial charge on any atom is -0.370 e. The molecule has 0 saturated carbocycles.